The number of aromatic nitrogens is 5. The molecule has 176 valence electrons. The minimum Gasteiger partial charge on any atom is -0.476 e. The van der Waals surface area contributed by atoms with E-state index in [9.17, 15) is 27.9 Å². The molecule has 1 aliphatic rings. The quantitative estimate of drug-likeness (QED) is 0.480. The first-order valence-corrected chi connectivity index (χ1v) is 10.5. The third-order valence-corrected chi connectivity index (χ3v) is 5.74. The van der Waals surface area contributed by atoms with Crippen LogP contribution in [0.2, 0.25) is 0 Å². The van der Waals surface area contributed by atoms with Gasteiger partial charge in [-0.3, -0.25) is 14.3 Å². The lowest BCUT2D eigenvalue weighted by atomic mass is 10.0. The van der Waals surface area contributed by atoms with Crippen molar-refractivity contribution in [2.75, 3.05) is 6.61 Å². The maximum atomic E-state index is 13.4. The second-order valence-electron chi connectivity index (χ2n) is 7.98. The number of hydrogen-bond acceptors (Lipinski definition) is 6. The Morgan fingerprint density at radius 3 is 2.76 bits per heavy atom. The third-order valence-electron chi connectivity index (χ3n) is 5.74. The summed E-state index contributed by atoms with van der Waals surface area (Å²) >= 11 is 0. The maximum absolute atomic E-state index is 13.4. The summed E-state index contributed by atoms with van der Waals surface area (Å²) in [6.45, 7) is -1.03. The van der Waals surface area contributed by atoms with Gasteiger partial charge in [-0.05, 0) is 31.4 Å². The van der Waals surface area contributed by atoms with Crippen LogP contribution in [0.4, 0.5) is 13.2 Å². The highest BCUT2D eigenvalue weighted by Gasteiger charge is 2.31. The minimum absolute atomic E-state index is 0.00113. The van der Waals surface area contributed by atoms with E-state index in [1.165, 1.54) is 41.5 Å². The second-order valence-corrected chi connectivity index (χ2v) is 7.98. The van der Waals surface area contributed by atoms with Gasteiger partial charge in [0.15, 0.2) is 11.9 Å². The first-order valence-electron chi connectivity index (χ1n) is 10.5. The smallest absolute Gasteiger partial charge is 0.406 e. The molecule has 9 nitrogen and oxygen atoms in total. The lowest BCUT2D eigenvalue weighted by Gasteiger charge is -2.24. The molecule has 0 bridgehead atoms. The lowest BCUT2D eigenvalue weighted by molar-refractivity contribution is -0.140. The van der Waals surface area contributed by atoms with E-state index in [1.807, 2.05) is 0 Å². The van der Waals surface area contributed by atoms with Crippen molar-refractivity contribution < 1.29 is 27.8 Å². The average molecular weight is 473 g/mol. The summed E-state index contributed by atoms with van der Waals surface area (Å²) in [6.07, 6.45) is 1.15. The van der Waals surface area contributed by atoms with Gasteiger partial charge in [0.05, 0.1) is 17.1 Å². The van der Waals surface area contributed by atoms with Crippen molar-refractivity contribution in [1.29, 1.82) is 0 Å². The Kier molecular flexibility index (Phi) is 5.31. The Morgan fingerprint density at radius 1 is 1.24 bits per heavy atom. The van der Waals surface area contributed by atoms with E-state index in [0.29, 0.717) is 17.6 Å². The molecular weight excluding hydrogens is 455 g/mol. The number of ether oxygens (including phenoxy) is 1. The number of rotatable bonds is 4. The number of aromatic carboxylic acids is 1. The molecule has 0 saturated carbocycles. The van der Waals surface area contributed by atoms with Crippen LogP contribution in [0.15, 0.2) is 41.6 Å². The molecule has 0 radical (unpaired) electrons. The van der Waals surface area contributed by atoms with Crippen molar-refractivity contribution in [2.45, 2.75) is 38.2 Å². The van der Waals surface area contributed by atoms with Gasteiger partial charge < -0.3 is 9.84 Å². The Hall–Kier alpha value is -3.80. The average Bonchev–Trinajstić information content (AvgIpc) is 3.27. The number of nitrogens with zero attached hydrogens (tertiary/aromatic N) is 5. The molecule has 0 spiro atoms. The predicted octanol–water partition coefficient (Wildman–Crippen LogP) is 3.77. The first kappa shape index (κ1) is 22.0. The van der Waals surface area contributed by atoms with E-state index in [1.54, 1.807) is 0 Å². The van der Waals surface area contributed by atoms with E-state index >= 15 is 0 Å². The van der Waals surface area contributed by atoms with E-state index in [2.05, 4.69) is 15.1 Å². The van der Waals surface area contributed by atoms with Crippen LogP contribution >= 0.6 is 0 Å². The lowest BCUT2D eigenvalue weighted by Crippen LogP contribution is -2.29. The predicted molar refractivity (Wildman–Crippen MR) is 114 cm³/mol. The summed E-state index contributed by atoms with van der Waals surface area (Å²) in [7, 11) is 0. The van der Waals surface area contributed by atoms with Gasteiger partial charge in [0.25, 0.3) is 5.56 Å². The van der Waals surface area contributed by atoms with Gasteiger partial charge >= 0.3 is 12.1 Å². The Bertz CT molecular complexity index is 1470. The normalized spacial score (nSPS) is 16.9. The van der Waals surface area contributed by atoms with Crippen LogP contribution in [0, 0.1) is 0 Å². The van der Waals surface area contributed by atoms with Gasteiger partial charge in [-0.1, -0.05) is 6.07 Å². The number of halogens is 3. The molecule has 4 aromatic rings. The molecule has 12 heteroatoms. The molecule has 1 fully saturated rings. The van der Waals surface area contributed by atoms with Crippen LogP contribution in [0.25, 0.3) is 33.1 Å². The van der Waals surface area contributed by atoms with Crippen molar-refractivity contribution in [1.82, 2.24) is 24.3 Å². The van der Waals surface area contributed by atoms with Crippen LogP contribution in [-0.4, -0.2) is 48.2 Å². The van der Waals surface area contributed by atoms with Crippen LogP contribution in [0.1, 0.15) is 36.0 Å². The molecule has 1 aliphatic heterocycles. The van der Waals surface area contributed by atoms with Crippen LogP contribution in [0.5, 0.6) is 0 Å². The zero-order valence-electron chi connectivity index (χ0n) is 17.6. The Labute approximate surface area is 189 Å². The molecule has 4 aromatic heterocycles. The minimum atomic E-state index is -4.68. The first-order chi connectivity index (χ1) is 16.2. The highest BCUT2D eigenvalue weighted by atomic mass is 19.4. The van der Waals surface area contributed by atoms with E-state index in [-0.39, 0.29) is 38.8 Å². The van der Waals surface area contributed by atoms with Crippen molar-refractivity contribution in [3.05, 3.63) is 52.8 Å². The summed E-state index contributed by atoms with van der Waals surface area (Å²) in [5.74, 6) is -1.30. The third kappa shape index (κ3) is 3.79. The zero-order chi connectivity index (χ0) is 24.0. The fraction of sp³-hybridized carbons (Fsp3) is 0.318. The monoisotopic (exact) mass is 473 g/mol. The molecular formula is C22H18F3N5O4. The number of carbonyl (C=O) groups is 1. The number of alkyl halides is 3. The largest absolute Gasteiger partial charge is 0.476 e. The van der Waals surface area contributed by atoms with Gasteiger partial charge in [0, 0.05) is 30.1 Å². The fourth-order valence-corrected chi connectivity index (χ4v) is 4.28. The molecule has 0 amide bonds. The highest BCUT2D eigenvalue weighted by Crippen LogP contribution is 2.32. The van der Waals surface area contributed by atoms with Gasteiger partial charge in [-0.2, -0.15) is 18.3 Å². The number of carboxylic acids is 1. The summed E-state index contributed by atoms with van der Waals surface area (Å²) in [6, 6.07) is 4.31. The number of fused-ring (bicyclic) bond motifs is 3. The highest BCUT2D eigenvalue weighted by molar-refractivity contribution is 6.02. The SMILES string of the molecule is O=C(O)c1ncccc1-c1cnc2c3c(cnn3C3CCCCO3)c(=O)n(CC(F)(F)F)c2c1. The molecule has 1 unspecified atom stereocenters. The summed E-state index contributed by atoms with van der Waals surface area (Å²) in [5.41, 5.74) is -0.450. The topological polar surface area (TPSA) is 112 Å². The molecule has 5 heterocycles. The standard InChI is InChI=1S/C22H18F3N5O4/c23-22(24,25)11-29-15-8-12(13-4-3-6-26-17(13)21(32)33)9-27-18(15)19-14(20(29)31)10-28-30(19)16-5-1-2-7-34-16/h3-4,6,8-10,16H,1-2,5,7,11H2,(H,32,33). The Morgan fingerprint density at radius 2 is 2.06 bits per heavy atom. The van der Waals surface area contributed by atoms with E-state index in [4.69, 9.17) is 4.74 Å². The van der Waals surface area contributed by atoms with Gasteiger partial charge in [0.2, 0.25) is 0 Å². The summed E-state index contributed by atoms with van der Waals surface area (Å²) in [4.78, 5) is 33.0. The summed E-state index contributed by atoms with van der Waals surface area (Å²) in [5, 5.41) is 13.7. The van der Waals surface area contributed by atoms with Crippen LogP contribution in [-0.2, 0) is 11.3 Å². The van der Waals surface area contributed by atoms with Crippen molar-refractivity contribution in [2.24, 2.45) is 0 Å². The van der Waals surface area contributed by atoms with Crippen molar-refractivity contribution in [3.63, 3.8) is 0 Å². The van der Waals surface area contributed by atoms with Crippen LogP contribution < -0.4 is 5.56 Å². The van der Waals surface area contributed by atoms with Gasteiger partial charge in [-0.25, -0.2) is 14.5 Å². The second kappa shape index (κ2) is 8.20. The van der Waals surface area contributed by atoms with Crippen molar-refractivity contribution in [3.8, 4) is 11.1 Å². The van der Waals surface area contributed by atoms with E-state index in [0.717, 1.165) is 12.8 Å². The fourth-order valence-electron chi connectivity index (χ4n) is 4.28. The molecule has 1 N–H and O–H groups in total. The number of hydrogen-bond donors (Lipinski definition) is 1. The number of pyridine rings is 3. The number of carboxylic acid groups (broad SMARTS) is 1. The van der Waals surface area contributed by atoms with Crippen LogP contribution in [0.3, 0.4) is 0 Å². The molecule has 1 saturated heterocycles. The summed E-state index contributed by atoms with van der Waals surface area (Å²) < 4.78 is 48.2. The zero-order valence-corrected chi connectivity index (χ0v) is 17.6. The molecule has 1 atom stereocenters. The molecule has 0 aliphatic carbocycles. The molecule has 5 rings (SSSR count). The molecule has 34 heavy (non-hydrogen) atoms. The van der Waals surface area contributed by atoms with Gasteiger partial charge in [-0.15, -0.1) is 0 Å². The van der Waals surface area contributed by atoms with E-state index < -0.39 is 30.5 Å². The maximum Gasteiger partial charge on any atom is 0.406 e. The Balaban J connectivity index is 1.82. The molecule has 0 aromatic carbocycles. The van der Waals surface area contributed by atoms with Gasteiger partial charge in [0.1, 0.15) is 17.6 Å². The van der Waals surface area contributed by atoms with Crippen molar-refractivity contribution >= 4 is 27.9 Å².